The number of hydrogen-bond donors (Lipinski definition) is 3. The number of nitrogens with zero attached hydrogens (tertiary/aromatic N) is 2. The number of nitrogens with one attached hydrogen (secondary N) is 2. The molecule has 1 unspecified atom stereocenters. The zero-order chi connectivity index (χ0) is 16.6. The van der Waals surface area contributed by atoms with Crippen LogP contribution in [-0.4, -0.2) is 38.9 Å². The van der Waals surface area contributed by atoms with Gasteiger partial charge >= 0.3 is 0 Å². The lowest BCUT2D eigenvalue weighted by Crippen LogP contribution is -2.29. The number of aliphatic hydroxyl groups excluding tert-OH is 1. The molecular weight excluding hydrogens is 296 g/mol. The van der Waals surface area contributed by atoms with E-state index in [0.29, 0.717) is 35.5 Å². The van der Waals surface area contributed by atoms with Crippen molar-refractivity contribution >= 4 is 16.9 Å². The third-order valence-corrected chi connectivity index (χ3v) is 4.31. The summed E-state index contributed by atoms with van der Waals surface area (Å²) in [7, 11) is 1.72. The van der Waals surface area contributed by atoms with Crippen molar-refractivity contribution in [1.82, 2.24) is 20.1 Å². The molecule has 3 rings (SSSR count). The molecule has 1 atom stereocenters. The van der Waals surface area contributed by atoms with Crippen LogP contribution in [0.25, 0.3) is 11.0 Å². The lowest BCUT2D eigenvalue weighted by atomic mass is 10.1. The second-order valence-corrected chi connectivity index (χ2v) is 6.39. The van der Waals surface area contributed by atoms with E-state index in [1.807, 2.05) is 6.92 Å². The highest BCUT2D eigenvalue weighted by atomic mass is 16.3. The van der Waals surface area contributed by atoms with Gasteiger partial charge in [-0.2, -0.15) is 0 Å². The Labute approximate surface area is 133 Å². The van der Waals surface area contributed by atoms with Crippen LogP contribution in [0.2, 0.25) is 0 Å². The third kappa shape index (κ3) is 3.14. The Bertz CT molecular complexity index is 788. The summed E-state index contributed by atoms with van der Waals surface area (Å²) >= 11 is 0. The van der Waals surface area contributed by atoms with Crippen molar-refractivity contribution in [3.63, 3.8) is 0 Å². The predicted molar refractivity (Wildman–Crippen MR) is 86.5 cm³/mol. The van der Waals surface area contributed by atoms with Crippen LogP contribution in [0.1, 0.15) is 48.2 Å². The van der Waals surface area contributed by atoms with Gasteiger partial charge in [-0.25, -0.2) is 4.98 Å². The predicted octanol–water partition coefficient (Wildman–Crippen LogP) is 0.887. The van der Waals surface area contributed by atoms with Gasteiger partial charge in [-0.1, -0.05) is 6.92 Å². The van der Waals surface area contributed by atoms with Crippen molar-refractivity contribution in [1.29, 1.82) is 0 Å². The first-order valence-electron chi connectivity index (χ1n) is 8.00. The second-order valence-electron chi connectivity index (χ2n) is 6.39. The molecule has 7 nitrogen and oxygen atoms in total. The van der Waals surface area contributed by atoms with E-state index in [1.165, 1.54) is 0 Å². The second kappa shape index (κ2) is 6.16. The van der Waals surface area contributed by atoms with E-state index in [2.05, 4.69) is 15.4 Å². The molecule has 1 saturated carbocycles. The molecule has 0 aliphatic heterocycles. The van der Waals surface area contributed by atoms with Crippen LogP contribution in [0, 0.1) is 5.92 Å². The maximum atomic E-state index is 12.6. The molecule has 23 heavy (non-hydrogen) atoms. The molecule has 0 bridgehead atoms. The molecule has 7 heteroatoms. The molecular formula is C16H22N4O3. The molecule has 1 fully saturated rings. The molecule has 0 radical (unpaired) electrons. The van der Waals surface area contributed by atoms with Crippen molar-refractivity contribution in [2.24, 2.45) is 13.0 Å². The summed E-state index contributed by atoms with van der Waals surface area (Å²) in [6.45, 7) is 2.52. The number of fused-ring (bicyclic) bond motifs is 1. The van der Waals surface area contributed by atoms with E-state index in [9.17, 15) is 9.59 Å². The molecule has 124 valence electrons. The monoisotopic (exact) mass is 318 g/mol. The van der Waals surface area contributed by atoms with Gasteiger partial charge in [-0.3, -0.25) is 19.4 Å². The van der Waals surface area contributed by atoms with Crippen molar-refractivity contribution in [2.75, 3.05) is 13.2 Å². The Morgan fingerprint density at radius 1 is 1.57 bits per heavy atom. The first kappa shape index (κ1) is 15.7. The third-order valence-electron chi connectivity index (χ3n) is 4.31. The van der Waals surface area contributed by atoms with Crippen molar-refractivity contribution in [3.05, 3.63) is 27.7 Å². The molecule has 1 aliphatic rings. The van der Waals surface area contributed by atoms with Gasteiger partial charge in [0.2, 0.25) is 0 Å². The number of aryl methyl sites for hydroxylation is 1. The summed E-state index contributed by atoms with van der Waals surface area (Å²) in [6.07, 6.45) is 2.78. The largest absolute Gasteiger partial charge is 0.396 e. The van der Waals surface area contributed by atoms with Crippen LogP contribution in [0.15, 0.2) is 10.9 Å². The summed E-state index contributed by atoms with van der Waals surface area (Å²) in [5, 5.41) is 14.8. The Balaban J connectivity index is 1.95. The summed E-state index contributed by atoms with van der Waals surface area (Å²) < 4.78 is 1.56. The first-order valence-corrected chi connectivity index (χ1v) is 8.00. The number of rotatable bonds is 6. The van der Waals surface area contributed by atoms with E-state index in [1.54, 1.807) is 17.8 Å². The quantitative estimate of drug-likeness (QED) is 0.736. The molecule has 1 aliphatic carbocycles. The van der Waals surface area contributed by atoms with E-state index >= 15 is 0 Å². The average molecular weight is 318 g/mol. The van der Waals surface area contributed by atoms with Crippen LogP contribution in [0.3, 0.4) is 0 Å². The molecule has 3 N–H and O–H groups in total. The number of aromatic amines is 1. The Kier molecular flexibility index (Phi) is 4.21. The van der Waals surface area contributed by atoms with E-state index in [-0.39, 0.29) is 24.0 Å². The van der Waals surface area contributed by atoms with Crippen molar-refractivity contribution in [3.8, 4) is 0 Å². The summed E-state index contributed by atoms with van der Waals surface area (Å²) in [5.74, 6) is 0.309. The first-order chi connectivity index (χ1) is 11.0. The summed E-state index contributed by atoms with van der Waals surface area (Å²) in [5.41, 5.74) is 1.48. The van der Waals surface area contributed by atoms with Gasteiger partial charge in [0.05, 0.1) is 10.9 Å². The molecule has 0 aromatic carbocycles. The van der Waals surface area contributed by atoms with Gasteiger partial charge in [0, 0.05) is 31.8 Å². The molecule has 2 aromatic heterocycles. The zero-order valence-corrected chi connectivity index (χ0v) is 13.4. The van der Waals surface area contributed by atoms with Crippen LogP contribution >= 0.6 is 0 Å². The minimum Gasteiger partial charge on any atom is -0.396 e. The van der Waals surface area contributed by atoms with Crippen LogP contribution < -0.4 is 10.9 Å². The summed E-state index contributed by atoms with van der Waals surface area (Å²) in [6, 6.07) is 1.75. The zero-order valence-electron chi connectivity index (χ0n) is 13.4. The van der Waals surface area contributed by atoms with Gasteiger partial charge in [0.25, 0.3) is 11.5 Å². The fraction of sp³-hybridized carbons (Fsp3) is 0.562. The fourth-order valence-corrected chi connectivity index (χ4v) is 2.73. The van der Waals surface area contributed by atoms with Crippen LogP contribution in [-0.2, 0) is 7.05 Å². The lowest BCUT2D eigenvalue weighted by Gasteiger charge is -2.12. The standard InChI is InChI=1S/C16H22N4O3/c1-9(5-6-21)8-17-15(22)11-7-12(10-3-4-10)18-14-13(11)16(23)19-20(14)2/h7,9-10,21H,3-6,8H2,1-2H3,(H,17,22)(H,19,23). The number of aromatic nitrogens is 3. The number of amides is 1. The lowest BCUT2D eigenvalue weighted by molar-refractivity contribution is 0.0947. The van der Waals surface area contributed by atoms with Crippen LogP contribution in [0.5, 0.6) is 0 Å². The van der Waals surface area contributed by atoms with Gasteiger partial charge < -0.3 is 10.4 Å². The summed E-state index contributed by atoms with van der Waals surface area (Å²) in [4.78, 5) is 29.2. The minimum absolute atomic E-state index is 0.0979. The van der Waals surface area contributed by atoms with Crippen molar-refractivity contribution < 1.29 is 9.90 Å². The van der Waals surface area contributed by atoms with E-state index in [0.717, 1.165) is 18.5 Å². The van der Waals surface area contributed by atoms with Crippen molar-refractivity contribution in [2.45, 2.75) is 32.1 Å². The number of H-pyrrole nitrogens is 1. The highest BCUT2D eigenvalue weighted by Crippen LogP contribution is 2.39. The van der Waals surface area contributed by atoms with Gasteiger partial charge in [0.15, 0.2) is 5.65 Å². The maximum absolute atomic E-state index is 12.6. The number of carbonyl (C=O) groups is 1. The van der Waals surface area contributed by atoms with E-state index in [4.69, 9.17) is 5.11 Å². The Morgan fingerprint density at radius 2 is 2.30 bits per heavy atom. The normalized spacial score (nSPS) is 15.8. The molecule has 2 aromatic rings. The number of carbonyl (C=O) groups excluding carboxylic acids is 1. The topological polar surface area (TPSA) is 100 Å². The maximum Gasteiger partial charge on any atom is 0.274 e. The number of aliphatic hydroxyl groups is 1. The SMILES string of the molecule is CC(CCO)CNC(=O)c1cc(C2CC2)nc2c1c(=O)[nH]n2C. The van der Waals surface area contributed by atoms with Crippen LogP contribution in [0.4, 0.5) is 0 Å². The molecule has 2 heterocycles. The molecule has 0 spiro atoms. The fourth-order valence-electron chi connectivity index (χ4n) is 2.73. The Hall–Kier alpha value is -2.15. The Morgan fingerprint density at radius 3 is 2.96 bits per heavy atom. The highest BCUT2D eigenvalue weighted by molar-refractivity contribution is 6.05. The van der Waals surface area contributed by atoms with E-state index < -0.39 is 0 Å². The number of hydrogen-bond acceptors (Lipinski definition) is 4. The average Bonchev–Trinajstić information content (AvgIpc) is 3.32. The molecule has 0 saturated heterocycles. The number of pyridine rings is 1. The minimum atomic E-state index is -0.300. The smallest absolute Gasteiger partial charge is 0.274 e. The van der Waals surface area contributed by atoms with Gasteiger partial charge in [0.1, 0.15) is 0 Å². The highest BCUT2D eigenvalue weighted by Gasteiger charge is 2.28. The van der Waals surface area contributed by atoms with Gasteiger partial charge in [-0.05, 0) is 31.2 Å². The van der Waals surface area contributed by atoms with Gasteiger partial charge in [-0.15, -0.1) is 0 Å². The molecule has 1 amide bonds.